The number of benzene rings is 1. The maximum Gasteiger partial charge on any atom is 0.0608 e. The summed E-state index contributed by atoms with van der Waals surface area (Å²) in [4.78, 5) is 2.24. The van der Waals surface area contributed by atoms with Crippen molar-refractivity contribution < 1.29 is 5.11 Å². The molecule has 2 atom stereocenters. The summed E-state index contributed by atoms with van der Waals surface area (Å²) in [6.45, 7) is 0.781. The van der Waals surface area contributed by atoms with Crippen LogP contribution < -0.4 is 0 Å². The average molecular weight is 247 g/mol. The van der Waals surface area contributed by atoms with Crippen molar-refractivity contribution in [2.75, 3.05) is 24.7 Å². The van der Waals surface area contributed by atoms with Crippen LogP contribution in [0.2, 0.25) is 0 Å². The van der Waals surface area contributed by atoms with E-state index in [4.69, 9.17) is 6.42 Å². The Morgan fingerprint density at radius 2 is 2.12 bits per heavy atom. The van der Waals surface area contributed by atoms with E-state index in [1.54, 1.807) is 0 Å². The van der Waals surface area contributed by atoms with E-state index in [2.05, 4.69) is 35.1 Å². The SMILES string of the molecule is C#CCN1C(CO)CSCC1c1ccccc1. The number of thioether (sulfide) groups is 1. The highest BCUT2D eigenvalue weighted by molar-refractivity contribution is 7.99. The summed E-state index contributed by atoms with van der Waals surface area (Å²) in [5, 5.41) is 9.43. The maximum atomic E-state index is 9.43. The van der Waals surface area contributed by atoms with Crippen molar-refractivity contribution in [3.63, 3.8) is 0 Å². The highest BCUT2D eigenvalue weighted by atomic mass is 32.2. The second kappa shape index (κ2) is 6.11. The summed E-state index contributed by atoms with van der Waals surface area (Å²) in [6.07, 6.45) is 5.44. The van der Waals surface area contributed by atoms with E-state index in [1.807, 2.05) is 17.8 Å². The predicted octanol–water partition coefficient (Wildman–Crippen LogP) is 1.77. The van der Waals surface area contributed by atoms with Crippen LogP contribution in [0.15, 0.2) is 30.3 Å². The van der Waals surface area contributed by atoms with Crippen LogP contribution in [0.5, 0.6) is 0 Å². The van der Waals surface area contributed by atoms with Crippen LogP contribution in [-0.4, -0.2) is 40.7 Å². The van der Waals surface area contributed by atoms with Crippen LogP contribution in [0.1, 0.15) is 11.6 Å². The molecule has 3 heteroatoms. The molecule has 0 aromatic heterocycles. The first-order chi connectivity index (χ1) is 8.36. The summed E-state index contributed by atoms with van der Waals surface area (Å²) in [6, 6.07) is 10.9. The van der Waals surface area contributed by atoms with Gasteiger partial charge in [0.05, 0.1) is 13.2 Å². The number of hydrogen-bond donors (Lipinski definition) is 1. The first-order valence-electron chi connectivity index (χ1n) is 5.79. The van der Waals surface area contributed by atoms with Gasteiger partial charge in [-0.1, -0.05) is 36.3 Å². The standard InChI is InChI=1S/C14H17NOS/c1-2-8-15-13(9-16)10-17-11-14(15)12-6-4-3-5-7-12/h1,3-7,13-14,16H,8-11H2. The van der Waals surface area contributed by atoms with Crippen LogP contribution in [-0.2, 0) is 0 Å². The summed E-state index contributed by atoms with van der Waals surface area (Å²) in [5.74, 6) is 4.71. The molecular weight excluding hydrogens is 230 g/mol. The molecule has 2 rings (SSSR count). The fourth-order valence-electron chi connectivity index (χ4n) is 2.23. The lowest BCUT2D eigenvalue weighted by Crippen LogP contribution is -2.46. The van der Waals surface area contributed by atoms with Crippen LogP contribution in [0, 0.1) is 12.3 Å². The molecule has 2 unspecified atom stereocenters. The zero-order valence-corrected chi connectivity index (χ0v) is 10.6. The van der Waals surface area contributed by atoms with E-state index >= 15 is 0 Å². The lowest BCUT2D eigenvalue weighted by Gasteiger charge is -2.40. The van der Waals surface area contributed by atoms with Crippen molar-refractivity contribution in [3.05, 3.63) is 35.9 Å². The van der Waals surface area contributed by atoms with Gasteiger partial charge in [0.2, 0.25) is 0 Å². The number of terminal acetylenes is 1. The normalized spacial score (nSPS) is 25.4. The first-order valence-corrected chi connectivity index (χ1v) is 6.95. The Morgan fingerprint density at radius 1 is 1.35 bits per heavy atom. The van der Waals surface area contributed by atoms with Crippen LogP contribution in [0.25, 0.3) is 0 Å². The number of aliphatic hydroxyl groups is 1. The van der Waals surface area contributed by atoms with Crippen molar-refractivity contribution in [3.8, 4) is 12.3 Å². The smallest absolute Gasteiger partial charge is 0.0608 e. The quantitative estimate of drug-likeness (QED) is 0.824. The minimum Gasteiger partial charge on any atom is -0.395 e. The number of hydrogen-bond acceptors (Lipinski definition) is 3. The predicted molar refractivity (Wildman–Crippen MR) is 72.9 cm³/mol. The lowest BCUT2D eigenvalue weighted by atomic mass is 10.0. The van der Waals surface area contributed by atoms with Gasteiger partial charge in [-0.05, 0) is 5.56 Å². The highest BCUT2D eigenvalue weighted by Gasteiger charge is 2.30. The third-order valence-corrected chi connectivity index (χ3v) is 4.30. The molecule has 0 radical (unpaired) electrons. The van der Waals surface area contributed by atoms with Gasteiger partial charge in [-0.2, -0.15) is 11.8 Å². The van der Waals surface area contributed by atoms with Gasteiger partial charge in [0, 0.05) is 23.6 Å². The van der Waals surface area contributed by atoms with E-state index in [1.165, 1.54) is 5.56 Å². The third-order valence-electron chi connectivity index (χ3n) is 3.12. The van der Waals surface area contributed by atoms with Gasteiger partial charge < -0.3 is 5.11 Å². The van der Waals surface area contributed by atoms with Crippen LogP contribution in [0.4, 0.5) is 0 Å². The van der Waals surface area contributed by atoms with E-state index < -0.39 is 0 Å². The van der Waals surface area contributed by atoms with Crippen LogP contribution >= 0.6 is 11.8 Å². The minimum absolute atomic E-state index is 0.176. The van der Waals surface area contributed by atoms with E-state index in [-0.39, 0.29) is 12.6 Å². The van der Waals surface area contributed by atoms with Crippen molar-refractivity contribution >= 4 is 11.8 Å². The molecule has 1 aromatic rings. The molecule has 0 bridgehead atoms. The van der Waals surface area contributed by atoms with Crippen LogP contribution in [0.3, 0.4) is 0 Å². The summed E-state index contributed by atoms with van der Waals surface area (Å²) < 4.78 is 0. The maximum absolute atomic E-state index is 9.43. The van der Waals surface area contributed by atoms with Gasteiger partial charge >= 0.3 is 0 Å². The first kappa shape index (κ1) is 12.5. The van der Waals surface area contributed by atoms with E-state index in [0.717, 1.165) is 11.5 Å². The fraction of sp³-hybridized carbons (Fsp3) is 0.429. The molecule has 1 N–H and O–H groups in total. The molecule has 2 nitrogen and oxygen atoms in total. The molecular formula is C14H17NOS. The molecule has 1 fully saturated rings. The minimum atomic E-state index is 0.176. The zero-order chi connectivity index (χ0) is 12.1. The van der Waals surface area contributed by atoms with Gasteiger partial charge in [-0.15, -0.1) is 6.42 Å². The molecule has 1 aromatic carbocycles. The number of rotatable bonds is 3. The van der Waals surface area contributed by atoms with Gasteiger partial charge in [0.1, 0.15) is 0 Å². The van der Waals surface area contributed by atoms with Gasteiger partial charge in [0.25, 0.3) is 0 Å². The Morgan fingerprint density at radius 3 is 2.76 bits per heavy atom. The second-order valence-corrected chi connectivity index (χ2v) is 5.25. The number of aliphatic hydroxyl groups excluding tert-OH is 1. The number of nitrogens with zero attached hydrogens (tertiary/aromatic N) is 1. The Kier molecular flexibility index (Phi) is 4.49. The summed E-state index contributed by atoms with van der Waals surface area (Å²) in [5.41, 5.74) is 1.29. The third kappa shape index (κ3) is 2.84. The largest absolute Gasteiger partial charge is 0.395 e. The molecule has 1 aliphatic rings. The Bertz CT molecular complexity index is 387. The van der Waals surface area contributed by atoms with E-state index in [0.29, 0.717) is 12.6 Å². The van der Waals surface area contributed by atoms with Gasteiger partial charge in [-0.25, -0.2) is 0 Å². The molecule has 1 heterocycles. The fourth-order valence-corrected chi connectivity index (χ4v) is 3.54. The Hall–Kier alpha value is -0.950. The molecule has 90 valence electrons. The molecule has 17 heavy (non-hydrogen) atoms. The Labute approximate surface area is 107 Å². The van der Waals surface area contributed by atoms with E-state index in [9.17, 15) is 5.11 Å². The van der Waals surface area contributed by atoms with Gasteiger partial charge in [0.15, 0.2) is 0 Å². The summed E-state index contributed by atoms with van der Waals surface area (Å²) >= 11 is 1.89. The topological polar surface area (TPSA) is 23.5 Å². The zero-order valence-electron chi connectivity index (χ0n) is 9.75. The van der Waals surface area contributed by atoms with Crippen molar-refractivity contribution in [1.29, 1.82) is 0 Å². The second-order valence-electron chi connectivity index (χ2n) is 4.18. The highest BCUT2D eigenvalue weighted by Crippen LogP contribution is 2.32. The average Bonchev–Trinajstić information content (AvgIpc) is 2.40. The van der Waals surface area contributed by atoms with Gasteiger partial charge in [-0.3, -0.25) is 4.90 Å². The van der Waals surface area contributed by atoms with Crippen molar-refractivity contribution in [1.82, 2.24) is 4.90 Å². The molecule has 0 saturated carbocycles. The lowest BCUT2D eigenvalue weighted by molar-refractivity contribution is 0.113. The molecule has 1 aliphatic heterocycles. The molecule has 0 amide bonds. The summed E-state index contributed by atoms with van der Waals surface area (Å²) in [7, 11) is 0. The Balaban J connectivity index is 2.22. The van der Waals surface area contributed by atoms with Crippen molar-refractivity contribution in [2.45, 2.75) is 12.1 Å². The monoisotopic (exact) mass is 247 g/mol. The molecule has 1 saturated heterocycles. The molecule has 0 aliphatic carbocycles. The van der Waals surface area contributed by atoms with Crippen molar-refractivity contribution in [2.24, 2.45) is 0 Å². The molecule has 0 spiro atoms.